The van der Waals surface area contributed by atoms with Crippen LogP contribution in [0.15, 0.2) is 16.6 Å². The summed E-state index contributed by atoms with van der Waals surface area (Å²) >= 11 is 3.42. The van der Waals surface area contributed by atoms with Gasteiger partial charge in [0.1, 0.15) is 5.82 Å². The number of aryl methyl sites for hydroxylation is 1. The molecule has 0 saturated heterocycles. The van der Waals surface area contributed by atoms with E-state index < -0.39 is 0 Å². The highest BCUT2D eigenvalue weighted by Gasteiger charge is 2.02. The van der Waals surface area contributed by atoms with Gasteiger partial charge in [0.05, 0.1) is 11.8 Å². The fraction of sp³-hybridized carbons (Fsp3) is 0.545. The van der Waals surface area contributed by atoms with Crippen LogP contribution in [0.1, 0.15) is 19.5 Å². The largest absolute Gasteiger partial charge is 0.377 e. The molecule has 4 heteroatoms. The third-order valence-corrected chi connectivity index (χ3v) is 2.88. The van der Waals surface area contributed by atoms with E-state index in [1.165, 1.54) is 0 Å². The molecule has 1 rings (SSSR count). The standard InChI is InChI=1S/C11H17BrN2O/c1-4-15-8(2)7-13-11-6-5-10(12)9(3)14-11/h5-6,8H,4,7H2,1-3H3,(H,13,14). The van der Waals surface area contributed by atoms with Gasteiger partial charge in [-0.25, -0.2) is 4.98 Å². The lowest BCUT2D eigenvalue weighted by atomic mass is 10.3. The number of nitrogens with zero attached hydrogens (tertiary/aromatic N) is 1. The number of nitrogens with one attached hydrogen (secondary N) is 1. The summed E-state index contributed by atoms with van der Waals surface area (Å²) in [5.41, 5.74) is 0.990. The van der Waals surface area contributed by atoms with Gasteiger partial charge in [-0.3, -0.25) is 0 Å². The zero-order valence-electron chi connectivity index (χ0n) is 9.38. The number of aromatic nitrogens is 1. The summed E-state index contributed by atoms with van der Waals surface area (Å²) in [7, 11) is 0. The minimum atomic E-state index is 0.209. The SMILES string of the molecule is CCOC(C)CNc1ccc(Br)c(C)n1. The second-order valence-electron chi connectivity index (χ2n) is 3.41. The average Bonchev–Trinajstić information content (AvgIpc) is 2.20. The van der Waals surface area contributed by atoms with Crippen LogP contribution >= 0.6 is 15.9 Å². The second kappa shape index (κ2) is 6.08. The molecule has 1 aromatic rings. The van der Waals surface area contributed by atoms with Crippen LogP contribution in [0.25, 0.3) is 0 Å². The number of pyridine rings is 1. The van der Waals surface area contributed by atoms with Crippen molar-refractivity contribution in [2.24, 2.45) is 0 Å². The Morgan fingerprint density at radius 2 is 2.27 bits per heavy atom. The van der Waals surface area contributed by atoms with E-state index in [0.717, 1.165) is 29.1 Å². The lowest BCUT2D eigenvalue weighted by molar-refractivity contribution is 0.0855. The predicted molar refractivity (Wildman–Crippen MR) is 66.3 cm³/mol. The zero-order valence-corrected chi connectivity index (χ0v) is 11.0. The molecule has 0 radical (unpaired) electrons. The first-order chi connectivity index (χ1) is 7.13. The lowest BCUT2D eigenvalue weighted by Crippen LogP contribution is -2.20. The van der Waals surface area contributed by atoms with Crippen LogP contribution in [0.4, 0.5) is 5.82 Å². The van der Waals surface area contributed by atoms with Gasteiger partial charge in [0, 0.05) is 17.6 Å². The molecule has 0 aliphatic carbocycles. The summed E-state index contributed by atoms with van der Waals surface area (Å²) in [6.07, 6.45) is 0.209. The third-order valence-electron chi connectivity index (χ3n) is 2.04. The molecule has 0 saturated carbocycles. The van der Waals surface area contributed by atoms with Crippen LogP contribution in [-0.2, 0) is 4.74 Å². The molecule has 0 spiro atoms. The normalized spacial score (nSPS) is 12.5. The van der Waals surface area contributed by atoms with Crippen LogP contribution < -0.4 is 5.32 Å². The monoisotopic (exact) mass is 272 g/mol. The van der Waals surface area contributed by atoms with Crippen molar-refractivity contribution in [1.82, 2.24) is 4.98 Å². The summed E-state index contributed by atoms with van der Waals surface area (Å²) in [6.45, 7) is 7.54. The topological polar surface area (TPSA) is 34.1 Å². The van der Waals surface area contributed by atoms with Crippen molar-refractivity contribution in [2.45, 2.75) is 26.9 Å². The van der Waals surface area contributed by atoms with Crippen LogP contribution in [0.5, 0.6) is 0 Å². The summed E-state index contributed by atoms with van der Waals surface area (Å²) in [6, 6.07) is 3.95. The van der Waals surface area contributed by atoms with Gasteiger partial charge in [-0.05, 0) is 48.8 Å². The van der Waals surface area contributed by atoms with E-state index in [1.807, 2.05) is 32.9 Å². The van der Waals surface area contributed by atoms with Crippen LogP contribution in [0, 0.1) is 6.92 Å². The van der Waals surface area contributed by atoms with Gasteiger partial charge in [-0.2, -0.15) is 0 Å². The molecule has 1 unspecified atom stereocenters. The maximum atomic E-state index is 5.42. The van der Waals surface area contributed by atoms with Crippen molar-refractivity contribution in [1.29, 1.82) is 0 Å². The fourth-order valence-corrected chi connectivity index (χ4v) is 1.46. The third kappa shape index (κ3) is 4.18. The summed E-state index contributed by atoms with van der Waals surface area (Å²) in [4.78, 5) is 4.39. The first kappa shape index (κ1) is 12.5. The minimum Gasteiger partial charge on any atom is -0.377 e. The van der Waals surface area contributed by atoms with E-state index >= 15 is 0 Å². The van der Waals surface area contributed by atoms with Crippen molar-refractivity contribution in [3.8, 4) is 0 Å². The Hall–Kier alpha value is -0.610. The minimum absolute atomic E-state index is 0.209. The number of halogens is 1. The lowest BCUT2D eigenvalue weighted by Gasteiger charge is -2.13. The Bertz CT molecular complexity index is 317. The van der Waals surface area contributed by atoms with Gasteiger partial charge >= 0.3 is 0 Å². The summed E-state index contributed by atoms with van der Waals surface area (Å²) < 4.78 is 6.45. The van der Waals surface area contributed by atoms with Gasteiger partial charge in [0.15, 0.2) is 0 Å². The van der Waals surface area contributed by atoms with Crippen LogP contribution in [-0.4, -0.2) is 24.2 Å². The molecule has 0 aliphatic heterocycles. The molecule has 1 atom stereocenters. The van der Waals surface area contributed by atoms with E-state index in [1.54, 1.807) is 0 Å². The van der Waals surface area contributed by atoms with Gasteiger partial charge < -0.3 is 10.1 Å². The summed E-state index contributed by atoms with van der Waals surface area (Å²) in [5.74, 6) is 0.891. The Kier molecular flexibility index (Phi) is 5.05. The number of hydrogen-bond donors (Lipinski definition) is 1. The first-order valence-corrected chi connectivity index (χ1v) is 5.91. The van der Waals surface area contributed by atoms with E-state index in [-0.39, 0.29) is 6.10 Å². The van der Waals surface area contributed by atoms with Crippen molar-refractivity contribution in [3.05, 3.63) is 22.3 Å². The number of ether oxygens (including phenoxy) is 1. The molecule has 1 heterocycles. The van der Waals surface area contributed by atoms with E-state index in [4.69, 9.17) is 4.74 Å². The molecule has 0 bridgehead atoms. The molecule has 0 fully saturated rings. The molecular formula is C11H17BrN2O. The molecule has 1 N–H and O–H groups in total. The quantitative estimate of drug-likeness (QED) is 0.895. The molecule has 0 aliphatic rings. The Morgan fingerprint density at radius 3 is 2.87 bits per heavy atom. The molecule has 3 nitrogen and oxygen atoms in total. The van der Waals surface area contributed by atoms with Gasteiger partial charge in [0.2, 0.25) is 0 Å². The maximum absolute atomic E-state index is 5.42. The van der Waals surface area contributed by atoms with Crippen LogP contribution in [0.2, 0.25) is 0 Å². The van der Waals surface area contributed by atoms with Crippen molar-refractivity contribution in [3.63, 3.8) is 0 Å². The molecule has 0 aromatic carbocycles. The zero-order chi connectivity index (χ0) is 11.3. The molecule has 84 valence electrons. The van der Waals surface area contributed by atoms with Gasteiger partial charge in [-0.1, -0.05) is 0 Å². The van der Waals surface area contributed by atoms with Crippen molar-refractivity contribution < 1.29 is 4.74 Å². The summed E-state index contributed by atoms with van der Waals surface area (Å²) in [5, 5.41) is 3.24. The number of hydrogen-bond acceptors (Lipinski definition) is 3. The Balaban J connectivity index is 2.47. The first-order valence-electron chi connectivity index (χ1n) is 5.12. The van der Waals surface area contributed by atoms with Crippen LogP contribution in [0.3, 0.4) is 0 Å². The highest BCUT2D eigenvalue weighted by Crippen LogP contribution is 2.16. The number of anilines is 1. The Morgan fingerprint density at radius 1 is 1.53 bits per heavy atom. The Labute approximate surface area is 99.4 Å². The second-order valence-corrected chi connectivity index (χ2v) is 4.26. The maximum Gasteiger partial charge on any atom is 0.126 e. The highest BCUT2D eigenvalue weighted by molar-refractivity contribution is 9.10. The van der Waals surface area contributed by atoms with Gasteiger partial charge in [-0.15, -0.1) is 0 Å². The highest BCUT2D eigenvalue weighted by atomic mass is 79.9. The number of rotatable bonds is 5. The molecule has 1 aromatic heterocycles. The predicted octanol–water partition coefficient (Wildman–Crippen LogP) is 2.99. The molecular weight excluding hydrogens is 256 g/mol. The van der Waals surface area contributed by atoms with E-state index in [2.05, 4.69) is 26.2 Å². The smallest absolute Gasteiger partial charge is 0.126 e. The average molecular weight is 273 g/mol. The van der Waals surface area contributed by atoms with E-state index in [0.29, 0.717) is 0 Å². The van der Waals surface area contributed by atoms with E-state index in [9.17, 15) is 0 Å². The van der Waals surface area contributed by atoms with Crippen molar-refractivity contribution in [2.75, 3.05) is 18.5 Å². The molecule has 15 heavy (non-hydrogen) atoms. The van der Waals surface area contributed by atoms with Gasteiger partial charge in [0.25, 0.3) is 0 Å². The fourth-order valence-electron chi connectivity index (χ4n) is 1.23. The van der Waals surface area contributed by atoms with Crippen molar-refractivity contribution >= 4 is 21.7 Å². The molecule has 0 amide bonds.